The lowest BCUT2D eigenvalue weighted by Crippen LogP contribution is -2.44. The maximum atomic E-state index is 11.7. The van der Waals surface area contributed by atoms with Crippen LogP contribution in [0.3, 0.4) is 0 Å². The molecule has 1 saturated heterocycles. The first-order valence-electron chi connectivity index (χ1n) is 5.81. The summed E-state index contributed by atoms with van der Waals surface area (Å²) in [6.07, 6.45) is 1.37. The van der Waals surface area contributed by atoms with Crippen molar-refractivity contribution in [2.24, 2.45) is 11.8 Å². The zero-order valence-corrected chi connectivity index (χ0v) is 9.86. The fraction of sp³-hybridized carbons (Fsp3) is 0.727. The fourth-order valence-corrected chi connectivity index (χ4v) is 1.73. The molecule has 0 aromatic heterocycles. The van der Waals surface area contributed by atoms with Gasteiger partial charge in [0.05, 0.1) is 11.8 Å². The molecule has 0 bridgehead atoms. The van der Waals surface area contributed by atoms with E-state index in [0.717, 1.165) is 0 Å². The highest BCUT2D eigenvalue weighted by Crippen LogP contribution is 2.11. The van der Waals surface area contributed by atoms with Crippen LogP contribution in [0.5, 0.6) is 0 Å². The third-order valence-corrected chi connectivity index (χ3v) is 3.00. The maximum Gasteiger partial charge on any atom is 0.308 e. The Hall–Kier alpha value is -1.59. The molecule has 1 rings (SSSR count). The lowest BCUT2D eigenvalue weighted by atomic mass is 9.98. The van der Waals surface area contributed by atoms with Crippen molar-refractivity contribution in [1.82, 2.24) is 10.6 Å². The Morgan fingerprint density at radius 2 is 2.29 bits per heavy atom. The number of piperidine rings is 1. The monoisotopic (exact) mass is 242 g/mol. The predicted molar refractivity (Wildman–Crippen MR) is 60.2 cm³/mol. The number of amides is 2. The molecule has 6 heteroatoms. The van der Waals surface area contributed by atoms with E-state index in [9.17, 15) is 14.4 Å². The van der Waals surface area contributed by atoms with Crippen LogP contribution in [0.15, 0.2) is 0 Å². The number of carbonyl (C=O) groups is 3. The summed E-state index contributed by atoms with van der Waals surface area (Å²) in [6, 6.07) is 0. The Morgan fingerprint density at radius 3 is 2.76 bits per heavy atom. The van der Waals surface area contributed by atoms with Crippen molar-refractivity contribution in [2.45, 2.75) is 26.2 Å². The minimum Gasteiger partial charge on any atom is -0.481 e. The van der Waals surface area contributed by atoms with E-state index < -0.39 is 11.9 Å². The summed E-state index contributed by atoms with van der Waals surface area (Å²) >= 11 is 0. The van der Waals surface area contributed by atoms with E-state index in [1.165, 1.54) is 0 Å². The van der Waals surface area contributed by atoms with Crippen molar-refractivity contribution in [3.05, 3.63) is 0 Å². The van der Waals surface area contributed by atoms with E-state index in [0.29, 0.717) is 25.8 Å². The van der Waals surface area contributed by atoms with Crippen LogP contribution in [0, 0.1) is 11.8 Å². The zero-order chi connectivity index (χ0) is 12.8. The summed E-state index contributed by atoms with van der Waals surface area (Å²) in [5.74, 6) is -1.89. The number of aliphatic carboxylic acids is 1. The highest BCUT2D eigenvalue weighted by Gasteiger charge is 2.25. The van der Waals surface area contributed by atoms with Crippen LogP contribution in [-0.4, -0.2) is 36.0 Å². The lowest BCUT2D eigenvalue weighted by Gasteiger charge is -2.22. The molecular weight excluding hydrogens is 224 g/mol. The summed E-state index contributed by atoms with van der Waals surface area (Å²) in [6.45, 7) is 2.26. The zero-order valence-electron chi connectivity index (χ0n) is 9.86. The maximum absolute atomic E-state index is 11.7. The molecule has 0 spiro atoms. The second kappa shape index (κ2) is 6.22. The van der Waals surface area contributed by atoms with Crippen LogP contribution in [0.4, 0.5) is 0 Å². The molecule has 0 aliphatic carbocycles. The number of nitrogens with one attached hydrogen (secondary N) is 2. The molecule has 0 saturated carbocycles. The number of carboxylic acid groups (broad SMARTS) is 1. The summed E-state index contributed by atoms with van der Waals surface area (Å²) in [4.78, 5) is 33.4. The number of hydrogen-bond donors (Lipinski definition) is 3. The number of carbonyl (C=O) groups excluding carboxylic acids is 2. The molecule has 0 aromatic rings. The average Bonchev–Trinajstić information content (AvgIpc) is 2.30. The standard InChI is InChI=1S/C11H18N2O4/c1-2-7(11(16)17)5-13-10(15)8-3-4-9(14)12-6-8/h7-8H,2-6H2,1H3,(H,12,14)(H,13,15)(H,16,17). The molecule has 17 heavy (non-hydrogen) atoms. The summed E-state index contributed by atoms with van der Waals surface area (Å²) in [5.41, 5.74) is 0. The second-order valence-corrected chi connectivity index (χ2v) is 4.23. The van der Waals surface area contributed by atoms with Crippen LogP contribution < -0.4 is 10.6 Å². The molecule has 2 amide bonds. The van der Waals surface area contributed by atoms with Crippen LogP contribution in [-0.2, 0) is 14.4 Å². The van der Waals surface area contributed by atoms with Gasteiger partial charge in [-0.2, -0.15) is 0 Å². The fourth-order valence-electron chi connectivity index (χ4n) is 1.73. The molecule has 2 atom stereocenters. The van der Waals surface area contributed by atoms with E-state index in [-0.39, 0.29) is 24.3 Å². The minimum absolute atomic E-state index is 0.0361. The van der Waals surface area contributed by atoms with Crippen molar-refractivity contribution >= 4 is 17.8 Å². The number of carboxylic acids is 1. The van der Waals surface area contributed by atoms with Gasteiger partial charge in [0.25, 0.3) is 0 Å². The first-order chi connectivity index (χ1) is 8.04. The molecule has 1 heterocycles. The molecule has 1 aliphatic rings. The van der Waals surface area contributed by atoms with Crippen molar-refractivity contribution in [3.63, 3.8) is 0 Å². The van der Waals surface area contributed by atoms with Gasteiger partial charge in [0.1, 0.15) is 0 Å². The molecule has 1 fully saturated rings. The molecule has 0 radical (unpaired) electrons. The van der Waals surface area contributed by atoms with Gasteiger partial charge in [0, 0.05) is 19.5 Å². The van der Waals surface area contributed by atoms with Gasteiger partial charge in [-0.25, -0.2) is 0 Å². The Balaban J connectivity index is 2.34. The summed E-state index contributed by atoms with van der Waals surface area (Å²) in [5, 5.41) is 14.1. The van der Waals surface area contributed by atoms with Gasteiger partial charge in [0.2, 0.25) is 11.8 Å². The Kier molecular flexibility index (Phi) is 4.93. The van der Waals surface area contributed by atoms with Gasteiger partial charge in [-0.1, -0.05) is 6.92 Å². The lowest BCUT2D eigenvalue weighted by molar-refractivity contribution is -0.141. The third-order valence-electron chi connectivity index (χ3n) is 3.00. The largest absolute Gasteiger partial charge is 0.481 e. The normalized spacial score (nSPS) is 21.5. The van der Waals surface area contributed by atoms with Gasteiger partial charge in [-0.15, -0.1) is 0 Å². The molecule has 1 aliphatic heterocycles. The van der Waals surface area contributed by atoms with Crippen molar-refractivity contribution in [3.8, 4) is 0 Å². The van der Waals surface area contributed by atoms with Crippen LogP contribution >= 0.6 is 0 Å². The van der Waals surface area contributed by atoms with E-state index in [1.807, 2.05) is 0 Å². The van der Waals surface area contributed by atoms with Gasteiger partial charge in [0.15, 0.2) is 0 Å². The SMILES string of the molecule is CCC(CNC(=O)C1CCC(=O)NC1)C(=O)O. The molecule has 2 unspecified atom stereocenters. The average molecular weight is 242 g/mol. The van der Waals surface area contributed by atoms with Gasteiger partial charge in [-0.05, 0) is 12.8 Å². The first kappa shape index (κ1) is 13.5. The van der Waals surface area contributed by atoms with Crippen LogP contribution in [0.1, 0.15) is 26.2 Å². The van der Waals surface area contributed by atoms with Gasteiger partial charge in [-0.3, -0.25) is 14.4 Å². The van der Waals surface area contributed by atoms with E-state index in [4.69, 9.17) is 5.11 Å². The highest BCUT2D eigenvalue weighted by molar-refractivity contribution is 5.84. The van der Waals surface area contributed by atoms with Crippen molar-refractivity contribution < 1.29 is 19.5 Å². The summed E-state index contributed by atoms with van der Waals surface area (Å²) < 4.78 is 0. The van der Waals surface area contributed by atoms with E-state index >= 15 is 0 Å². The van der Waals surface area contributed by atoms with E-state index in [2.05, 4.69) is 10.6 Å². The predicted octanol–water partition coefficient (Wildman–Crippen LogP) is -0.260. The van der Waals surface area contributed by atoms with Crippen LogP contribution in [0.25, 0.3) is 0 Å². The Bertz CT molecular complexity index is 307. The highest BCUT2D eigenvalue weighted by atomic mass is 16.4. The van der Waals surface area contributed by atoms with E-state index in [1.54, 1.807) is 6.92 Å². The Labute approximate surface area is 99.8 Å². The molecule has 6 nitrogen and oxygen atoms in total. The van der Waals surface area contributed by atoms with Gasteiger partial charge < -0.3 is 15.7 Å². The molecule has 3 N–H and O–H groups in total. The topological polar surface area (TPSA) is 95.5 Å². The molecule has 0 aromatic carbocycles. The quantitative estimate of drug-likeness (QED) is 0.619. The smallest absolute Gasteiger partial charge is 0.308 e. The molecular formula is C11H18N2O4. The second-order valence-electron chi connectivity index (χ2n) is 4.23. The van der Waals surface area contributed by atoms with Crippen molar-refractivity contribution in [1.29, 1.82) is 0 Å². The van der Waals surface area contributed by atoms with Gasteiger partial charge >= 0.3 is 5.97 Å². The van der Waals surface area contributed by atoms with Crippen molar-refractivity contribution in [2.75, 3.05) is 13.1 Å². The minimum atomic E-state index is -0.898. The van der Waals surface area contributed by atoms with Crippen LogP contribution in [0.2, 0.25) is 0 Å². The number of rotatable bonds is 5. The Morgan fingerprint density at radius 1 is 1.59 bits per heavy atom. The molecule has 96 valence electrons. The first-order valence-corrected chi connectivity index (χ1v) is 5.81. The third kappa shape index (κ3) is 4.05. The summed E-state index contributed by atoms with van der Waals surface area (Å²) in [7, 11) is 0. The number of hydrogen-bond acceptors (Lipinski definition) is 3.